The number of nitrogens with zero attached hydrogens (tertiary/aromatic N) is 3. The van der Waals surface area contributed by atoms with E-state index in [0.717, 1.165) is 11.3 Å². The van der Waals surface area contributed by atoms with Crippen molar-refractivity contribution in [1.29, 1.82) is 0 Å². The lowest BCUT2D eigenvalue weighted by molar-refractivity contribution is -0.129. The highest BCUT2D eigenvalue weighted by molar-refractivity contribution is 7.92. The Morgan fingerprint density at radius 1 is 0.971 bits per heavy atom. The molecule has 0 aromatic heterocycles. The van der Waals surface area contributed by atoms with Crippen LogP contribution in [-0.4, -0.2) is 59.1 Å². The van der Waals surface area contributed by atoms with Crippen LogP contribution in [0.15, 0.2) is 77.7 Å². The van der Waals surface area contributed by atoms with E-state index in [4.69, 9.17) is 16.3 Å². The molecule has 0 spiro atoms. The van der Waals surface area contributed by atoms with Crippen molar-refractivity contribution in [3.05, 3.63) is 83.4 Å². The van der Waals surface area contributed by atoms with Gasteiger partial charge in [0.1, 0.15) is 12.3 Å². The second-order valence-corrected chi connectivity index (χ2v) is 10.6. The van der Waals surface area contributed by atoms with Crippen molar-refractivity contribution in [3.63, 3.8) is 0 Å². The molecular weight excluding hydrogens is 486 g/mol. The molecule has 0 saturated carbocycles. The number of hydrogen-bond donors (Lipinski definition) is 0. The Morgan fingerprint density at radius 3 is 2.26 bits per heavy atom. The van der Waals surface area contributed by atoms with Crippen LogP contribution in [0, 0.1) is 6.92 Å². The van der Waals surface area contributed by atoms with Crippen molar-refractivity contribution >= 4 is 38.9 Å². The molecule has 0 aliphatic carbocycles. The van der Waals surface area contributed by atoms with Crippen LogP contribution in [0.2, 0.25) is 5.02 Å². The van der Waals surface area contributed by atoms with Gasteiger partial charge in [0.25, 0.3) is 10.0 Å². The van der Waals surface area contributed by atoms with Gasteiger partial charge in [-0.3, -0.25) is 9.10 Å². The molecule has 0 atom stereocenters. The first-order valence-electron chi connectivity index (χ1n) is 11.3. The Labute approximate surface area is 211 Å². The van der Waals surface area contributed by atoms with Crippen molar-refractivity contribution in [2.24, 2.45) is 0 Å². The summed E-state index contributed by atoms with van der Waals surface area (Å²) in [5.41, 5.74) is 2.61. The van der Waals surface area contributed by atoms with Crippen molar-refractivity contribution in [1.82, 2.24) is 4.90 Å². The number of carbonyl (C=O) groups excluding carboxylic acids is 1. The van der Waals surface area contributed by atoms with Crippen LogP contribution in [0.1, 0.15) is 5.56 Å². The van der Waals surface area contributed by atoms with Crippen LogP contribution in [0.3, 0.4) is 0 Å². The summed E-state index contributed by atoms with van der Waals surface area (Å²) >= 11 is 6.18. The zero-order valence-electron chi connectivity index (χ0n) is 19.7. The van der Waals surface area contributed by atoms with Crippen LogP contribution in [0.4, 0.5) is 11.4 Å². The number of amides is 1. The largest absolute Gasteiger partial charge is 0.497 e. The van der Waals surface area contributed by atoms with Crippen molar-refractivity contribution in [3.8, 4) is 5.75 Å². The average Bonchev–Trinajstić information content (AvgIpc) is 2.89. The molecule has 7 nitrogen and oxygen atoms in total. The number of sulfonamides is 1. The number of carbonyl (C=O) groups is 1. The highest BCUT2D eigenvalue weighted by atomic mass is 35.5. The zero-order valence-corrected chi connectivity index (χ0v) is 21.3. The number of methoxy groups -OCH3 is 1. The molecular formula is C26H28ClN3O4S. The molecule has 1 saturated heterocycles. The second-order valence-electron chi connectivity index (χ2n) is 8.32. The minimum Gasteiger partial charge on any atom is -0.497 e. The first-order chi connectivity index (χ1) is 16.8. The third-order valence-corrected chi connectivity index (χ3v) is 8.14. The minimum atomic E-state index is -3.97. The molecule has 1 aliphatic heterocycles. The number of benzene rings is 3. The topological polar surface area (TPSA) is 70.2 Å². The van der Waals surface area contributed by atoms with E-state index < -0.39 is 10.0 Å². The fourth-order valence-corrected chi connectivity index (χ4v) is 5.71. The lowest BCUT2D eigenvalue weighted by Crippen LogP contribution is -2.52. The van der Waals surface area contributed by atoms with Gasteiger partial charge in [-0.1, -0.05) is 35.9 Å². The van der Waals surface area contributed by atoms with E-state index in [1.165, 1.54) is 23.5 Å². The lowest BCUT2D eigenvalue weighted by atomic mass is 10.1. The fourth-order valence-electron chi connectivity index (χ4n) is 4.13. The molecule has 3 aromatic rings. The van der Waals surface area contributed by atoms with Gasteiger partial charge in [0.15, 0.2) is 0 Å². The third-order valence-electron chi connectivity index (χ3n) is 6.11. The second kappa shape index (κ2) is 10.6. The normalized spacial score (nSPS) is 14.0. The van der Waals surface area contributed by atoms with E-state index in [9.17, 15) is 13.2 Å². The molecule has 1 fully saturated rings. The predicted molar refractivity (Wildman–Crippen MR) is 139 cm³/mol. The number of piperazine rings is 1. The Balaban J connectivity index is 1.52. The summed E-state index contributed by atoms with van der Waals surface area (Å²) in [6.45, 7) is 4.03. The Bertz CT molecular complexity index is 1280. The SMILES string of the molecule is COc1ccc(S(=O)(=O)N(CC(=O)N2CCN(c3cc(Cl)ccc3C)CC2)c2ccccc2)cc1. The first-order valence-corrected chi connectivity index (χ1v) is 13.1. The molecule has 1 amide bonds. The molecule has 184 valence electrons. The predicted octanol–water partition coefficient (Wildman–Crippen LogP) is 4.20. The van der Waals surface area contributed by atoms with E-state index in [-0.39, 0.29) is 17.3 Å². The monoisotopic (exact) mass is 513 g/mol. The third kappa shape index (κ3) is 5.55. The number of aryl methyl sites for hydroxylation is 1. The van der Waals surface area contributed by atoms with Crippen LogP contribution in [-0.2, 0) is 14.8 Å². The summed E-state index contributed by atoms with van der Waals surface area (Å²) < 4.78 is 33.4. The van der Waals surface area contributed by atoms with Crippen molar-refractivity contribution in [2.75, 3.05) is 49.0 Å². The smallest absolute Gasteiger partial charge is 0.264 e. The van der Waals surface area contributed by atoms with E-state index in [0.29, 0.717) is 42.6 Å². The van der Waals surface area contributed by atoms with Gasteiger partial charge in [-0.15, -0.1) is 0 Å². The number of ether oxygens (including phenoxy) is 1. The average molecular weight is 514 g/mol. The standard InChI is InChI=1S/C26H28ClN3O4S/c1-20-8-9-21(27)18-25(20)28-14-16-29(17-15-28)26(31)19-30(22-6-4-3-5-7-22)35(32,33)24-12-10-23(34-2)11-13-24/h3-13,18H,14-17,19H2,1-2H3. The van der Waals surface area contributed by atoms with Gasteiger partial charge < -0.3 is 14.5 Å². The van der Waals surface area contributed by atoms with E-state index >= 15 is 0 Å². The van der Waals surface area contributed by atoms with Crippen LogP contribution in [0.5, 0.6) is 5.75 Å². The van der Waals surface area contributed by atoms with Gasteiger partial charge in [0.2, 0.25) is 5.91 Å². The maximum absolute atomic E-state index is 13.6. The number of hydrogen-bond acceptors (Lipinski definition) is 5. The van der Waals surface area contributed by atoms with Gasteiger partial charge in [-0.05, 0) is 61.0 Å². The minimum absolute atomic E-state index is 0.0937. The number of anilines is 2. The van der Waals surface area contributed by atoms with Gasteiger partial charge in [-0.25, -0.2) is 8.42 Å². The van der Waals surface area contributed by atoms with E-state index in [2.05, 4.69) is 4.90 Å². The Hall–Kier alpha value is -3.23. The molecule has 9 heteroatoms. The zero-order chi connectivity index (χ0) is 25.0. The summed E-state index contributed by atoms with van der Waals surface area (Å²) in [6, 6.07) is 20.6. The molecule has 0 unspecified atom stereocenters. The quantitative estimate of drug-likeness (QED) is 0.473. The van der Waals surface area contributed by atoms with Crippen molar-refractivity contribution in [2.45, 2.75) is 11.8 Å². The summed E-state index contributed by atoms with van der Waals surface area (Å²) in [6.07, 6.45) is 0. The van der Waals surface area contributed by atoms with E-state index in [1.807, 2.05) is 25.1 Å². The summed E-state index contributed by atoms with van der Waals surface area (Å²) in [5.74, 6) is 0.313. The van der Waals surface area contributed by atoms with Gasteiger partial charge >= 0.3 is 0 Å². The number of rotatable bonds is 7. The summed E-state index contributed by atoms with van der Waals surface area (Å²) in [7, 11) is -2.45. The first kappa shape index (κ1) is 24.9. The van der Waals surface area contributed by atoms with Crippen LogP contribution >= 0.6 is 11.6 Å². The maximum Gasteiger partial charge on any atom is 0.264 e. The van der Waals surface area contributed by atoms with Gasteiger partial charge in [0.05, 0.1) is 17.7 Å². The molecule has 0 radical (unpaired) electrons. The maximum atomic E-state index is 13.6. The lowest BCUT2D eigenvalue weighted by Gasteiger charge is -2.37. The van der Waals surface area contributed by atoms with Gasteiger partial charge in [0, 0.05) is 36.9 Å². The summed E-state index contributed by atoms with van der Waals surface area (Å²) in [5, 5.41) is 0.673. The number of halogens is 1. The van der Waals surface area contributed by atoms with Gasteiger partial charge in [-0.2, -0.15) is 0 Å². The number of para-hydroxylation sites is 1. The van der Waals surface area contributed by atoms with Crippen LogP contribution < -0.4 is 13.9 Å². The Morgan fingerprint density at radius 2 is 1.63 bits per heavy atom. The molecule has 3 aromatic carbocycles. The molecule has 4 rings (SSSR count). The molecule has 35 heavy (non-hydrogen) atoms. The molecule has 0 N–H and O–H groups in total. The molecule has 1 aliphatic rings. The Kier molecular flexibility index (Phi) is 7.52. The highest BCUT2D eigenvalue weighted by Crippen LogP contribution is 2.27. The summed E-state index contributed by atoms with van der Waals surface area (Å²) in [4.78, 5) is 17.3. The fraction of sp³-hybridized carbons (Fsp3) is 0.269. The van der Waals surface area contributed by atoms with E-state index in [1.54, 1.807) is 47.4 Å². The molecule has 0 bridgehead atoms. The van der Waals surface area contributed by atoms with Crippen molar-refractivity contribution < 1.29 is 17.9 Å². The van der Waals surface area contributed by atoms with Crippen LogP contribution in [0.25, 0.3) is 0 Å². The molecule has 1 heterocycles. The highest BCUT2D eigenvalue weighted by Gasteiger charge is 2.30.